The van der Waals surface area contributed by atoms with Gasteiger partial charge in [0.1, 0.15) is 0 Å². The maximum absolute atomic E-state index is 11.2. The highest BCUT2D eigenvalue weighted by atomic mass is 16.3. The number of aliphatic hydroxyl groups is 3. The van der Waals surface area contributed by atoms with Crippen LogP contribution in [0.2, 0.25) is 0 Å². The van der Waals surface area contributed by atoms with Crippen molar-refractivity contribution < 1.29 is 20.1 Å². The van der Waals surface area contributed by atoms with Gasteiger partial charge in [0.15, 0.2) is 5.78 Å². The lowest BCUT2D eigenvalue weighted by Gasteiger charge is -2.25. The molecule has 0 aromatic carbocycles. The van der Waals surface area contributed by atoms with E-state index in [1.165, 1.54) is 131 Å². The Bertz CT molecular complexity index is 1060. The van der Waals surface area contributed by atoms with Crippen molar-refractivity contribution in [1.82, 2.24) is 0 Å². The number of ketones is 1. The first-order valence-electron chi connectivity index (χ1n) is 22.0. The Labute approximate surface area is 323 Å². The van der Waals surface area contributed by atoms with Gasteiger partial charge in [-0.25, -0.2) is 0 Å². The zero-order chi connectivity index (χ0) is 38.9. The predicted molar refractivity (Wildman–Crippen MR) is 225 cm³/mol. The Kier molecular flexibility index (Phi) is 27.0. The van der Waals surface area contributed by atoms with Gasteiger partial charge >= 0.3 is 0 Å². The summed E-state index contributed by atoms with van der Waals surface area (Å²) < 4.78 is 0. The first kappa shape index (κ1) is 48.5. The van der Waals surface area contributed by atoms with E-state index in [0.717, 1.165) is 49.9 Å². The van der Waals surface area contributed by atoms with Gasteiger partial charge in [-0.2, -0.15) is 0 Å². The Morgan fingerprint density at radius 2 is 0.904 bits per heavy atom. The maximum atomic E-state index is 11.2. The third-order valence-electron chi connectivity index (χ3n) is 11.2. The van der Waals surface area contributed by atoms with Crippen molar-refractivity contribution in [3.63, 3.8) is 0 Å². The molecule has 0 saturated carbocycles. The van der Waals surface area contributed by atoms with Gasteiger partial charge in [-0.15, -0.1) is 0 Å². The van der Waals surface area contributed by atoms with E-state index >= 15 is 0 Å². The molecule has 0 saturated heterocycles. The molecule has 0 heterocycles. The van der Waals surface area contributed by atoms with Crippen molar-refractivity contribution in [3.05, 3.63) is 46.6 Å². The van der Waals surface area contributed by atoms with Crippen molar-refractivity contribution in [1.29, 1.82) is 0 Å². The van der Waals surface area contributed by atoms with E-state index in [4.69, 9.17) is 0 Å². The lowest BCUT2D eigenvalue weighted by molar-refractivity contribution is -0.116. The molecule has 0 amide bonds. The molecule has 0 spiro atoms. The van der Waals surface area contributed by atoms with Gasteiger partial charge in [-0.1, -0.05) is 152 Å². The highest BCUT2D eigenvalue weighted by Gasteiger charge is 2.21. The van der Waals surface area contributed by atoms with Gasteiger partial charge in [0.25, 0.3) is 0 Å². The molecule has 4 rings (SSSR count). The molecule has 4 aliphatic rings. The van der Waals surface area contributed by atoms with Crippen molar-refractivity contribution in [2.75, 3.05) is 0 Å². The third-order valence-corrected chi connectivity index (χ3v) is 11.2. The molecular formula is C48H86O4. The molecule has 302 valence electrons. The normalized spacial score (nSPS) is 27.4. The summed E-state index contributed by atoms with van der Waals surface area (Å²) in [5, 5.41) is 28.6. The predicted octanol–water partition coefficient (Wildman–Crippen LogP) is 13.2. The molecule has 4 aliphatic carbocycles. The van der Waals surface area contributed by atoms with Crippen LogP contribution in [0.25, 0.3) is 0 Å². The number of allylic oxidation sites excluding steroid dienone is 5. The van der Waals surface area contributed by atoms with Crippen LogP contribution in [0.1, 0.15) is 204 Å². The van der Waals surface area contributed by atoms with E-state index in [0.29, 0.717) is 17.6 Å². The first-order chi connectivity index (χ1) is 24.7. The average Bonchev–Trinajstić information content (AvgIpc) is 3.03. The molecular weight excluding hydrogens is 641 g/mol. The standard InChI is InChI=1S/C14H26O.C12H22O.C11H20O.C11H18O/c1-3-4-5-6-7-8-13-9-12(2)10-14(15)11-13;1-3-4-5-6-11-7-10(2)8-12(13)9-11;1-8(2)4-10-5-9(3)6-11(12)7-10;1-3-4-5-10-6-9(2)7-11(12)8-10/h10,13-15H,3-9,11H2,1-2H3;8,11-13H,3-7,9H2,1-2H3;6,8,10-12H,4-5,7H2,1-3H3;7,10H,3-6,8H2,1-2H3. The van der Waals surface area contributed by atoms with Crippen LogP contribution in [0.15, 0.2) is 46.6 Å². The van der Waals surface area contributed by atoms with E-state index < -0.39 is 0 Å². The number of hydrogen-bond acceptors (Lipinski definition) is 4. The highest BCUT2D eigenvalue weighted by molar-refractivity contribution is 5.91. The number of aliphatic hydroxyl groups excluding tert-OH is 3. The molecule has 0 radical (unpaired) electrons. The fourth-order valence-corrected chi connectivity index (χ4v) is 8.94. The van der Waals surface area contributed by atoms with Crippen molar-refractivity contribution in [3.8, 4) is 0 Å². The second-order valence-corrected chi connectivity index (χ2v) is 17.9. The molecule has 0 bridgehead atoms. The van der Waals surface area contributed by atoms with Crippen molar-refractivity contribution >= 4 is 5.78 Å². The van der Waals surface area contributed by atoms with Crippen LogP contribution in [0.3, 0.4) is 0 Å². The minimum atomic E-state index is -0.178. The summed E-state index contributed by atoms with van der Waals surface area (Å²) >= 11 is 0. The molecule has 4 nitrogen and oxygen atoms in total. The molecule has 0 aromatic heterocycles. The third kappa shape index (κ3) is 24.8. The monoisotopic (exact) mass is 727 g/mol. The van der Waals surface area contributed by atoms with Crippen LogP contribution in [0, 0.1) is 29.6 Å². The largest absolute Gasteiger partial charge is 0.389 e. The van der Waals surface area contributed by atoms with Crippen LogP contribution >= 0.6 is 0 Å². The van der Waals surface area contributed by atoms with Gasteiger partial charge in [0.05, 0.1) is 18.3 Å². The van der Waals surface area contributed by atoms with E-state index in [2.05, 4.69) is 62.3 Å². The second-order valence-electron chi connectivity index (χ2n) is 17.9. The first-order valence-corrected chi connectivity index (χ1v) is 22.0. The Hall–Kier alpha value is -1.49. The Morgan fingerprint density at radius 3 is 1.35 bits per heavy atom. The Morgan fingerprint density at radius 1 is 0.519 bits per heavy atom. The van der Waals surface area contributed by atoms with Crippen LogP contribution in [-0.2, 0) is 4.79 Å². The molecule has 52 heavy (non-hydrogen) atoms. The number of unbranched alkanes of at least 4 members (excludes halogenated alkanes) is 7. The van der Waals surface area contributed by atoms with Crippen LogP contribution in [-0.4, -0.2) is 39.4 Å². The van der Waals surface area contributed by atoms with Crippen LogP contribution in [0.5, 0.6) is 0 Å². The molecule has 4 heteroatoms. The summed E-state index contributed by atoms with van der Waals surface area (Å²) in [6.07, 6.45) is 34.2. The fourth-order valence-electron chi connectivity index (χ4n) is 8.94. The number of hydrogen-bond donors (Lipinski definition) is 3. The summed E-state index contributed by atoms with van der Waals surface area (Å²) in [5.74, 6) is 3.93. The number of carbonyl (C=O) groups is 1. The SMILES string of the molecule is CC1=CC(O)CC(CC(C)C)C1.CCCCC1CC(=O)C=C(C)C1.CCCCCC1CC(C)=CC(O)C1.CCCCCCCC1CC(C)=CC(O)C1. The maximum Gasteiger partial charge on any atom is 0.155 e. The van der Waals surface area contributed by atoms with E-state index in [9.17, 15) is 20.1 Å². The quantitative estimate of drug-likeness (QED) is 0.116. The van der Waals surface area contributed by atoms with Gasteiger partial charge < -0.3 is 15.3 Å². The summed E-state index contributed by atoms with van der Waals surface area (Å²) in [4.78, 5) is 11.2. The topological polar surface area (TPSA) is 77.8 Å². The summed E-state index contributed by atoms with van der Waals surface area (Å²) in [6.45, 7) is 19.7. The smallest absolute Gasteiger partial charge is 0.155 e. The molecule has 0 aromatic rings. The number of rotatable bonds is 15. The molecule has 3 N–H and O–H groups in total. The van der Waals surface area contributed by atoms with E-state index in [1.54, 1.807) is 0 Å². The minimum Gasteiger partial charge on any atom is -0.389 e. The van der Waals surface area contributed by atoms with Gasteiger partial charge in [-0.05, 0) is 121 Å². The molecule has 7 unspecified atom stereocenters. The average molecular weight is 727 g/mol. The Balaban J connectivity index is 0.000000348. The lowest BCUT2D eigenvalue weighted by Crippen LogP contribution is -2.18. The van der Waals surface area contributed by atoms with Gasteiger partial charge in [0.2, 0.25) is 0 Å². The second kappa shape index (κ2) is 28.9. The fraction of sp³-hybridized carbons (Fsp3) is 0.812. The summed E-state index contributed by atoms with van der Waals surface area (Å²) in [5.41, 5.74) is 5.39. The zero-order valence-corrected chi connectivity index (χ0v) is 35.7. The van der Waals surface area contributed by atoms with E-state index in [-0.39, 0.29) is 18.3 Å². The van der Waals surface area contributed by atoms with E-state index in [1.807, 2.05) is 24.3 Å². The zero-order valence-electron chi connectivity index (χ0n) is 35.7. The minimum absolute atomic E-state index is 0.166. The molecule has 0 fully saturated rings. The van der Waals surface area contributed by atoms with Gasteiger partial charge in [0, 0.05) is 6.42 Å². The number of carbonyl (C=O) groups excluding carboxylic acids is 1. The van der Waals surface area contributed by atoms with Gasteiger partial charge in [-0.3, -0.25) is 4.79 Å². The summed E-state index contributed by atoms with van der Waals surface area (Å²) in [6, 6.07) is 0. The van der Waals surface area contributed by atoms with Crippen LogP contribution in [0.4, 0.5) is 0 Å². The highest BCUT2D eigenvalue weighted by Crippen LogP contribution is 2.31. The molecule has 7 atom stereocenters. The van der Waals surface area contributed by atoms with Crippen molar-refractivity contribution in [2.24, 2.45) is 29.6 Å². The lowest BCUT2D eigenvalue weighted by atomic mass is 9.83. The van der Waals surface area contributed by atoms with Crippen molar-refractivity contribution in [2.45, 2.75) is 222 Å². The molecule has 0 aliphatic heterocycles. The summed E-state index contributed by atoms with van der Waals surface area (Å²) in [7, 11) is 0. The van der Waals surface area contributed by atoms with Crippen LogP contribution < -0.4 is 0 Å².